The Balaban J connectivity index is 3.61. The molecule has 0 aliphatic carbocycles. The van der Waals surface area contributed by atoms with Crippen molar-refractivity contribution in [3.8, 4) is 0 Å². The van der Waals surface area contributed by atoms with Crippen molar-refractivity contribution in [2.24, 2.45) is 0 Å². The SMILES string of the molecule is [2H]C(/C=C\CC)/C=C\C([2H])/C=C\CCCCCCCC(C)=O. The maximum absolute atomic E-state index is 10.8. The van der Waals surface area contributed by atoms with Gasteiger partial charge < -0.3 is 4.79 Å². The van der Waals surface area contributed by atoms with E-state index < -0.39 is 0 Å². The van der Waals surface area contributed by atoms with E-state index in [0.29, 0.717) is 0 Å². The third-order valence-electron chi connectivity index (χ3n) is 2.96. The zero-order chi connectivity index (χ0) is 16.6. The van der Waals surface area contributed by atoms with Gasteiger partial charge in [-0.25, -0.2) is 0 Å². The first kappa shape index (κ1) is 15.3. The molecule has 2 unspecified atom stereocenters. The lowest BCUT2D eigenvalue weighted by Crippen LogP contribution is -1.89. The second kappa shape index (κ2) is 15.9. The molecule has 0 aromatic heterocycles. The molecule has 2 atom stereocenters. The molecule has 0 saturated heterocycles. The molecule has 0 heterocycles. The minimum Gasteiger partial charge on any atom is -0.300 e. The molecule has 0 aromatic carbocycles. The first-order valence-corrected chi connectivity index (χ1v) is 7.91. The summed E-state index contributed by atoms with van der Waals surface area (Å²) in [7, 11) is 0. The third-order valence-corrected chi connectivity index (χ3v) is 2.96. The highest BCUT2D eigenvalue weighted by molar-refractivity contribution is 5.75. The van der Waals surface area contributed by atoms with E-state index in [0.717, 1.165) is 38.5 Å². The number of carbonyl (C=O) groups is 1. The molecule has 0 spiro atoms. The van der Waals surface area contributed by atoms with Gasteiger partial charge in [0.25, 0.3) is 0 Å². The number of allylic oxidation sites excluding steroid dienone is 6. The molecule has 0 aromatic rings. The highest BCUT2D eigenvalue weighted by Gasteiger charge is 1.93. The van der Waals surface area contributed by atoms with Crippen LogP contribution >= 0.6 is 0 Å². The Labute approximate surface area is 128 Å². The van der Waals surface area contributed by atoms with Crippen LogP contribution in [0, 0.1) is 0 Å². The fourth-order valence-electron chi connectivity index (χ4n) is 1.81. The van der Waals surface area contributed by atoms with Gasteiger partial charge >= 0.3 is 0 Å². The topological polar surface area (TPSA) is 17.1 Å². The van der Waals surface area contributed by atoms with Gasteiger partial charge in [0.2, 0.25) is 0 Å². The zero-order valence-electron chi connectivity index (χ0n) is 15.2. The minimum absolute atomic E-state index is 0.289. The number of carbonyl (C=O) groups excluding carboxylic acids is 1. The van der Waals surface area contributed by atoms with E-state index in [9.17, 15) is 4.79 Å². The van der Waals surface area contributed by atoms with Crippen molar-refractivity contribution in [1.29, 1.82) is 0 Å². The van der Waals surface area contributed by atoms with Crippen molar-refractivity contribution in [3.05, 3.63) is 36.5 Å². The molecule has 0 radical (unpaired) electrons. The number of hydrogen-bond donors (Lipinski definition) is 0. The molecule has 1 heteroatoms. The second-order valence-corrected chi connectivity index (χ2v) is 5.04. The van der Waals surface area contributed by atoms with Gasteiger partial charge in [-0.15, -0.1) is 0 Å². The standard InChI is InChI=1S/C19H32O/c1-3-4-5-6-7-8-9-10-11-12-13-14-15-16-17-18-19(2)20/h4-5,7-8,10-11H,3,6,9,12-18H2,1-2H3/b5-4-,8-7-,11-10-/i6D,9D. The highest BCUT2D eigenvalue weighted by Crippen LogP contribution is 2.08. The molecule has 0 rings (SSSR count). The van der Waals surface area contributed by atoms with E-state index >= 15 is 0 Å². The molecule has 20 heavy (non-hydrogen) atoms. The van der Waals surface area contributed by atoms with Gasteiger partial charge in [0.15, 0.2) is 0 Å². The third kappa shape index (κ3) is 16.9. The van der Waals surface area contributed by atoms with Gasteiger partial charge in [-0.05, 0) is 45.4 Å². The monoisotopic (exact) mass is 278 g/mol. The zero-order valence-corrected chi connectivity index (χ0v) is 13.2. The summed E-state index contributed by atoms with van der Waals surface area (Å²) in [6.45, 7) is 3.70. The Morgan fingerprint density at radius 1 is 0.850 bits per heavy atom. The Morgan fingerprint density at radius 2 is 1.40 bits per heavy atom. The van der Waals surface area contributed by atoms with E-state index in [-0.39, 0.29) is 18.6 Å². The van der Waals surface area contributed by atoms with E-state index in [2.05, 4.69) is 6.08 Å². The van der Waals surface area contributed by atoms with Crippen LogP contribution in [0.2, 0.25) is 0 Å². The molecule has 0 aliphatic heterocycles. The van der Waals surface area contributed by atoms with Crippen molar-refractivity contribution in [2.75, 3.05) is 0 Å². The van der Waals surface area contributed by atoms with Crippen molar-refractivity contribution in [3.63, 3.8) is 0 Å². The van der Waals surface area contributed by atoms with E-state index in [4.69, 9.17) is 2.74 Å². The number of ketones is 1. The average molecular weight is 278 g/mol. The summed E-state index contributed by atoms with van der Waals surface area (Å²) in [5.74, 6) is 0.289. The molecule has 0 bridgehead atoms. The van der Waals surface area contributed by atoms with E-state index in [1.165, 1.54) is 12.8 Å². The number of unbranched alkanes of at least 4 members (excludes halogenated alkanes) is 5. The molecule has 0 amide bonds. The molecule has 0 fully saturated rings. The molecular formula is C19H32O. The molecule has 0 aliphatic rings. The molecule has 114 valence electrons. The Morgan fingerprint density at radius 3 is 2.05 bits per heavy atom. The largest absolute Gasteiger partial charge is 0.300 e. The van der Waals surface area contributed by atoms with Crippen LogP contribution in [-0.2, 0) is 4.79 Å². The number of Topliss-reactive ketones (excluding diaryl/α,β-unsaturated/α-hetero) is 1. The van der Waals surface area contributed by atoms with Gasteiger partial charge in [-0.2, -0.15) is 0 Å². The summed E-state index contributed by atoms with van der Waals surface area (Å²) >= 11 is 0. The molecular weight excluding hydrogens is 244 g/mol. The van der Waals surface area contributed by atoms with Gasteiger partial charge in [-0.3, -0.25) is 0 Å². The fraction of sp³-hybridized carbons (Fsp3) is 0.632. The Hall–Kier alpha value is -1.11. The first-order valence-electron chi connectivity index (χ1n) is 9.07. The summed E-state index contributed by atoms with van der Waals surface area (Å²) in [6.07, 6.45) is 19.0. The van der Waals surface area contributed by atoms with Crippen LogP contribution in [0.25, 0.3) is 0 Å². The average Bonchev–Trinajstić information content (AvgIpc) is 2.48. The molecule has 1 nitrogen and oxygen atoms in total. The summed E-state index contributed by atoms with van der Waals surface area (Å²) in [5, 5.41) is 0. The van der Waals surface area contributed by atoms with E-state index in [1.54, 1.807) is 19.1 Å². The normalized spacial score (nSPS) is 16.7. The van der Waals surface area contributed by atoms with Gasteiger partial charge in [-0.1, -0.05) is 62.6 Å². The summed E-state index contributed by atoms with van der Waals surface area (Å²) in [4.78, 5) is 10.8. The van der Waals surface area contributed by atoms with Crippen molar-refractivity contribution in [1.82, 2.24) is 0 Å². The first-order chi connectivity index (χ1) is 10.6. The number of rotatable bonds is 13. The summed E-state index contributed by atoms with van der Waals surface area (Å²) in [5.41, 5.74) is 0. The predicted molar refractivity (Wildman–Crippen MR) is 89.9 cm³/mol. The van der Waals surface area contributed by atoms with Crippen molar-refractivity contribution >= 4 is 5.78 Å². The second-order valence-electron chi connectivity index (χ2n) is 5.04. The van der Waals surface area contributed by atoms with Crippen LogP contribution < -0.4 is 0 Å². The molecule has 0 saturated carbocycles. The number of hydrogen-bond acceptors (Lipinski definition) is 1. The lowest BCUT2D eigenvalue weighted by molar-refractivity contribution is -0.117. The van der Waals surface area contributed by atoms with Gasteiger partial charge in [0.1, 0.15) is 5.78 Å². The maximum Gasteiger partial charge on any atom is 0.129 e. The maximum atomic E-state index is 10.8. The fourth-order valence-corrected chi connectivity index (χ4v) is 1.81. The Kier molecular flexibility index (Phi) is 12.2. The molecule has 0 N–H and O–H groups in total. The van der Waals surface area contributed by atoms with Crippen LogP contribution in [0.1, 0.15) is 80.7 Å². The predicted octanol–water partition coefficient (Wildman–Crippen LogP) is 6.16. The summed E-state index contributed by atoms with van der Waals surface area (Å²) < 4.78 is 15.6. The lowest BCUT2D eigenvalue weighted by Gasteiger charge is -1.98. The highest BCUT2D eigenvalue weighted by atomic mass is 16.1. The van der Waals surface area contributed by atoms with Crippen LogP contribution in [0.15, 0.2) is 36.5 Å². The van der Waals surface area contributed by atoms with Crippen LogP contribution in [-0.4, -0.2) is 5.78 Å². The van der Waals surface area contributed by atoms with Crippen molar-refractivity contribution < 1.29 is 7.54 Å². The quantitative estimate of drug-likeness (QED) is 0.291. The van der Waals surface area contributed by atoms with Crippen LogP contribution in [0.5, 0.6) is 0 Å². The smallest absolute Gasteiger partial charge is 0.129 e. The summed E-state index contributed by atoms with van der Waals surface area (Å²) in [6, 6.07) is 0. The van der Waals surface area contributed by atoms with Crippen LogP contribution in [0.4, 0.5) is 0 Å². The lowest BCUT2D eigenvalue weighted by atomic mass is 10.1. The van der Waals surface area contributed by atoms with Gasteiger partial charge in [0.05, 0.1) is 0 Å². The van der Waals surface area contributed by atoms with E-state index in [1.807, 2.05) is 25.2 Å². The minimum atomic E-state index is -0.349. The van der Waals surface area contributed by atoms with Gasteiger partial charge in [0, 0.05) is 9.16 Å². The Bertz CT molecular complexity index is 358. The van der Waals surface area contributed by atoms with Crippen molar-refractivity contribution in [2.45, 2.75) is 78.0 Å². The van der Waals surface area contributed by atoms with Crippen LogP contribution in [0.3, 0.4) is 0 Å².